The van der Waals surface area contributed by atoms with Crippen molar-refractivity contribution in [2.24, 2.45) is 17.3 Å². The molecule has 1 aliphatic rings. The smallest absolute Gasteiger partial charge is 0.0928 e. The van der Waals surface area contributed by atoms with Crippen LogP contribution < -0.4 is 0 Å². The highest BCUT2D eigenvalue weighted by molar-refractivity contribution is 7.09. The normalized spacial score (nSPS) is 30.5. The predicted octanol–water partition coefficient (Wildman–Crippen LogP) is 4.76. The molecule has 1 saturated carbocycles. The first-order chi connectivity index (χ1) is 7.97. The van der Waals surface area contributed by atoms with E-state index >= 15 is 0 Å². The molecule has 3 unspecified atom stereocenters. The van der Waals surface area contributed by atoms with Crippen molar-refractivity contribution < 1.29 is 0 Å². The highest BCUT2D eigenvalue weighted by Crippen LogP contribution is 2.43. The third kappa shape index (κ3) is 3.45. The first-order valence-electron chi connectivity index (χ1n) is 6.49. The van der Waals surface area contributed by atoms with Gasteiger partial charge in [0.2, 0.25) is 0 Å². The number of hydrogen-bond acceptors (Lipinski definition) is 2. The van der Waals surface area contributed by atoms with E-state index in [0.29, 0.717) is 16.7 Å². The van der Waals surface area contributed by atoms with E-state index < -0.39 is 0 Å². The molecule has 1 aliphatic carbocycles. The second-order valence-corrected chi connectivity index (χ2v) is 7.82. The van der Waals surface area contributed by atoms with Crippen LogP contribution >= 0.6 is 22.9 Å². The van der Waals surface area contributed by atoms with E-state index in [9.17, 15) is 0 Å². The van der Waals surface area contributed by atoms with E-state index in [2.05, 4.69) is 31.1 Å². The molecule has 2 rings (SSSR count). The molecule has 96 valence electrons. The van der Waals surface area contributed by atoms with Gasteiger partial charge in [0, 0.05) is 23.4 Å². The summed E-state index contributed by atoms with van der Waals surface area (Å²) in [5.41, 5.74) is 0.415. The van der Waals surface area contributed by atoms with E-state index in [-0.39, 0.29) is 0 Å². The fraction of sp³-hybridized carbons (Fsp3) is 0.786. The SMILES string of the molecule is CC(C)(C)C1CCC(Cl)C(Cc2nccs2)C1. The number of nitrogens with zero attached hydrogens (tertiary/aromatic N) is 1. The van der Waals surface area contributed by atoms with Crippen LogP contribution in [0.15, 0.2) is 11.6 Å². The molecule has 0 aliphatic heterocycles. The van der Waals surface area contributed by atoms with Crippen LogP contribution in [-0.4, -0.2) is 10.4 Å². The lowest BCUT2D eigenvalue weighted by atomic mass is 9.68. The Morgan fingerprint density at radius 2 is 2.18 bits per heavy atom. The summed E-state index contributed by atoms with van der Waals surface area (Å²) in [7, 11) is 0. The van der Waals surface area contributed by atoms with Gasteiger partial charge in [0.05, 0.1) is 5.01 Å². The first kappa shape index (κ1) is 13.4. The lowest BCUT2D eigenvalue weighted by Crippen LogP contribution is -2.33. The predicted molar refractivity (Wildman–Crippen MR) is 75.7 cm³/mol. The summed E-state index contributed by atoms with van der Waals surface area (Å²) in [6, 6.07) is 0. The molecule has 17 heavy (non-hydrogen) atoms. The van der Waals surface area contributed by atoms with Gasteiger partial charge in [-0.3, -0.25) is 0 Å². The third-order valence-electron chi connectivity index (χ3n) is 4.03. The number of aromatic nitrogens is 1. The quantitative estimate of drug-likeness (QED) is 0.707. The third-order valence-corrected chi connectivity index (χ3v) is 5.41. The standard InChI is InChI=1S/C14H22ClNS/c1-14(2,3)11-4-5-12(15)10(8-11)9-13-16-6-7-17-13/h6-7,10-12H,4-5,8-9H2,1-3H3. The van der Waals surface area contributed by atoms with Crippen molar-refractivity contribution in [3.05, 3.63) is 16.6 Å². The molecule has 3 atom stereocenters. The molecule has 1 aromatic heterocycles. The van der Waals surface area contributed by atoms with Crippen molar-refractivity contribution in [1.82, 2.24) is 4.98 Å². The Morgan fingerprint density at radius 3 is 2.76 bits per heavy atom. The van der Waals surface area contributed by atoms with Gasteiger partial charge >= 0.3 is 0 Å². The van der Waals surface area contributed by atoms with E-state index in [1.54, 1.807) is 11.3 Å². The molecule has 0 amide bonds. The Morgan fingerprint density at radius 1 is 1.41 bits per heavy atom. The maximum absolute atomic E-state index is 6.49. The molecule has 1 nitrogen and oxygen atoms in total. The van der Waals surface area contributed by atoms with E-state index in [4.69, 9.17) is 11.6 Å². The molecular formula is C14H22ClNS. The Labute approximate surface area is 114 Å². The Kier molecular flexibility index (Phi) is 4.14. The Balaban J connectivity index is 2.00. The summed E-state index contributed by atoms with van der Waals surface area (Å²) in [5.74, 6) is 1.42. The fourth-order valence-electron chi connectivity index (χ4n) is 2.80. The summed E-state index contributed by atoms with van der Waals surface area (Å²) < 4.78 is 0. The zero-order chi connectivity index (χ0) is 12.5. The number of hydrogen-bond donors (Lipinski definition) is 0. The van der Waals surface area contributed by atoms with Crippen LogP contribution in [0.5, 0.6) is 0 Å². The van der Waals surface area contributed by atoms with Crippen LogP contribution in [0.4, 0.5) is 0 Å². The zero-order valence-corrected chi connectivity index (χ0v) is 12.5. The van der Waals surface area contributed by atoms with E-state index in [0.717, 1.165) is 12.3 Å². The van der Waals surface area contributed by atoms with Crippen LogP contribution in [0.3, 0.4) is 0 Å². The van der Waals surface area contributed by atoms with Crippen molar-refractivity contribution in [2.45, 2.75) is 51.8 Å². The van der Waals surface area contributed by atoms with Crippen molar-refractivity contribution in [2.75, 3.05) is 0 Å². The maximum Gasteiger partial charge on any atom is 0.0928 e. The summed E-state index contributed by atoms with van der Waals surface area (Å²) in [4.78, 5) is 4.39. The number of halogens is 1. The van der Waals surface area contributed by atoms with E-state index in [1.807, 2.05) is 6.20 Å². The minimum atomic E-state index is 0.345. The summed E-state index contributed by atoms with van der Waals surface area (Å²) >= 11 is 8.25. The topological polar surface area (TPSA) is 12.9 Å². The molecule has 3 heteroatoms. The molecule has 1 aromatic rings. The summed E-state index contributed by atoms with van der Waals surface area (Å²) in [6.45, 7) is 7.06. The molecule has 0 aromatic carbocycles. The highest BCUT2D eigenvalue weighted by Gasteiger charge is 2.35. The van der Waals surface area contributed by atoms with Gasteiger partial charge in [-0.05, 0) is 36.5 Å². The highest BCUT2D eigenvalue weighted by atomic mass is 35.5. The van der Waals surface area contributed by atoms with Crippen molar-refractivity contribution in [1.29, 1.82) is 0 Å². The van der Waals surface area contributed by atoms with Gasteiger partial charge < -0.3 is 0 Å². The lowest BCUT2D eigenvalue weighted by molar-refractivity contribution is 0.144. The monoisotopic (exact) mass is 271 g/mol. The average Bonchev–Trinajstić information content (AvgIpc) is 2.72. The molecule has 1 fully saturated rings. The number of thiazole rings is 1. The minimum absolute atomic E-state index is 0.345. The fourth-order valence-corrected chi connectivity index (χ4v) is 3.83. The Bertz CT molecular complexity index is 342. The molecular weight excluding hydrogens is 250 g/mol. The van der Waals surface area contributed by atoms with Crippen LogP contribution in [0.2, 0.25) is 0 Å². The molecule has 1 heterocycles. The van der Waals surface area contributed by atoms with Crippen LogP contribution in [0, 0.1) is 17.3 Å². The minimum Gasteiger partial charge on any atom is -0.250 e. The van der Waals surface area contributed by atoms with Gasteiger partial charge in [0.15, 0.2) is 0 Å². The Hall–Kier alpha value is -0.0800. The van der Waals surface area contributed by atoms with Gasteiger partial charge in [-0.2, -0.15) is 0 Å². The number of rotatable bonds is 2. The average molecular weight is 272 g/mol. The maximum atomic E-state index is 6.49. The van der Waals surface area contributed by atoms with Crippen molar-refractivity contribution in [3.63, 3.8) is 0 Å². The molecule has 0 bridgehead atoms. The van der Waals surface area contributed by atoms with E-state index in [1.165, 1.54) is 24.3 Å². The van der Waals surface area contributed by atoms with Gasteiger partial charge in [-0.1, -0.05) is 20.8 Å². The second kappa shape index (κ2) is 5.27. The summed E-state index contributed by atoms with van der Waals surface area (Å²) in [6.07, 6.45) is 6.68. The van der Waals surface area contributed by atoms with Gasteiger partial charge in [0.25, 0.3) is 0 Å². The second-order valence-electron chi connectivity index (χ2n) is 6.28. The zero-order valence-electron chi connectivity index (χ0n) is 10.9. The van der Waals surface area contributed by atoms with Crippen molar-refractivity contribution >= 4 is 22.9 Å². The number of alkyl halides is 1. The lowest BCUT2D eigenvalue weighted by Gasteiger charge is -2.39. The van der Waals surface area contributed by atoms with Crippen LogP contribution in [-0.2, 0) is 6.42 Å². The van der Waals surface area contributed by atoms with Gasteiger partial charge in [0.1, 0.15) is 0 Å². The van der Waals surface area contributed by atoms with Crippen molar-refractivity contribution in [3.8, 4) is 0 Å². The largest absolute Gasteiger partial charge is 0.250 e. The molecule has 0 radical (unpaired) electrons. The van der Waals surface area contributed by atoms with Crippen LogP contribution in [0.1, 0.15) is 45.0 Å². The van der Waals surface area contributed by atoms with Gasteiger partial charge in [-0.25, -0.2) is 4.98 Å². The van der Waals surface area contributed by atoms with Crippen LogP contribution in [0.25, 0.3) is 0 Å². The van der Waals surface area contributed by atoms with Gasteiger partial charge in [-0.15, -0.1) is 22.9 Å². The summed E-state index contributed by atoms with van der Waals surface area (Å²) in [5, 5.41) is 3.65. The first-order valence-corrected chi connectivity index (χ1v) is 7.81. The molecule has 0 N–H and O–H groups in total. The molecule has 0 saturated heterocycles. The molecule has 0 spiro atoms.